The maximum Gasteiger partial charge on any atom is 0.152 e. The van der Waals surface area contributed by atoms with Gasteiger partial charge in [-0.15, -0.1) is 22.7 Å². The molecule has 2 nitrogen and oxygen atoms in total. The van der Waals surface area contributed by atoms with E-state index < -0.39 is 0 Å². The van der Waals surface area contributed by atoms with E-state index in [1.807, 2.05) is 11.6 Å². The summed E-state index contributed by atoms with van der Waals surface area (Å²) < 4.78 is 0. The summed E-state index contributed by atoms with van der Waals surface area (Å²) in [7, 11) is 0. The summed E-state index contributed by atoms with van der Waals surface area (Å²) in [5.74, 6) is 0. The van der Waals surface area contributed by atoms with Crippen LogP contribution in [0.3, 0.4) is 0 Å². The topological polar surface area (TPSA) is 25.8 Å². The van der Waals surface area contributed by atoms with E-state index in [4.69, 9.17) is 0 Å². The first kappa shape index (κ1) is 6.94. The van der Waals surface area contributed by atoms with Crippen LogP contribution in [0.15, 0.2) is 17.8 Å². The number of thiazole rings is 2. The SMILES string of the molecule is Cc1cnc(-c2nccs2)s1. The van der Waals surface area contributed by atoms with Crippen molar-refractivity contribution in [2.24, 2.45) is 0 Å². The van der Waals surface area contributed by atoms with Gasteiger partial charge in [-0.2, -0.15) is 0 Å². The second kappa shape index (κ2) is 2.71. The van der Waals surface area contributed by atoms with Gasteiger partial charge in [-0.05, 0) is 6.92 Å². The highest BCUT2D eigenvalue weighted by Gasteiger charge is 2.03. The van der Waals surface area contributed by atoms with E-state index in [1.54, 1.807) is 28.9 Å². The van der Waals surface area contributed by atoms with Gasteiger partial charge >= 0.3 is 0 Å². The number of hydrogen-bond acceptors (Lipinski definition) is 4. The van der Waals surface area contributed by atoms with Crippen LogP contribution in [-0.2, 0) is 0 Å². The Morgan fingerprint density at radius 1 is 1.27 bits per heavy atom. The summed E-state index contributed by atoms with van der Waals surface area (Å²) in [5, 5.41) is 4.01. The lowest BCUT2D eigenvalue weighted by Crippen LogP contribution is -1.68. The first-order chi connectivity index (χ1) is 5.36. The van der Waals surface area contributed by atoms with E-state index >= 15 is 0 Å². The van der Waals surface area contributed by atoms with Crippen LogP contribution < -0.4 is 0 Å². The Morgan fingerprint density at radius 3 is 2.73 bits per heavy atom. The molecule has 0 aliphatic heterocycles. The van der Waals surface area contributed by atoms with Gasteiger partial charge in [0.15, 0.2) is 10.0 Å². The lowest BCUT2D eigenvalue weighted by molar-refractivity contribution is 1.34. The second-order valence-corrected chi connectivity index (χ2v) is 4.24. The fourth-order valence-electron chi connectivity index (χ4n) is 0.783. The van der Waals surface area contributed by atoms with Crippen molar-refractivity contribution in [2.45, 2.75) is 6.92 Å². The molecule has 0 unspecified atom stereocenters. The third-order valence-corrected chi connectivity index (χ3v) is 3.07. The predicted octanol–water partition coefficient (Wildman–Crippen LogP) is 2.58. The molecule has 56 valence electrons. The third kappa shape index (κ3) is 1.32. The lowest BCUT2D eigenvalue weighted by atomic mass is 10.6. The minimum absolute atomic E-state index is 1.02. The van der Waals surface area contributed by atoms with E-state index in [2.05, 4.69) is 16.9 Å². The van der Waals surface area contributed by atoms with Crippen LogP contribution in [0.2, 0.25) is 0 Å². The molecule has 0 fully saturated rings. The molecule has 0 saturated heterocycles. The van der Waals surface area contributed by atoms with Crippen molar-refractivity contribution in [2.75, 3.05) is 0 Å². The lowest BCUT2D eigenvalue weighted by Gasteiger charge is -1.82. The summed E-state index contributed by atoms with van der Waals surface area (Å²) in [4.78, 5) is 9.62. The Bertz CT molecular complexity index is 337. The number of aromatic nitrogens is 2. The van der Waals surface area contributed by atoms with Crippen molar-refractivity contribution >= 4 is 22.7 Å². The molecular weight excluding hydrogens is 176 g/mol. The fourth-order valence-corrected chi connectivity index (χ4v) is 2.23. The van der Waals surface area contributed by atoms with Crippen LogP contribution >= 0.6 is 22.7 Å². The van der Waals surface area contributed by atoms with Crippen molar-refractivity contribution in [1.82, 2.24) is 9.97 Å². The second-order valence-electron chi connectivity index (χ2n) is 2.11. The molecular formula is C7H6N2S2. The van der Waals surface area contributed by atoms with Crippen molar-refractivity contribution in [3.05, 3.63) is 22.7 Å². The van der Waals surface area contributed by atoms with Gasteiger partial charge in [0.25, 0.3) is 0 Å². The van der Waals surface area contributed by atoms with Gasteiger partial charge in [0, 0.05) is 22.7 Å². The highest BCUT2D eigenvalue weighted by molar-refractivity contribution is 7.20. The molecule has 0 aliphatic rings. The normalized spacial score (nSPS) is 10.3. The summed E-state index contributed by atoms with van der Waals surface area (Å²) in [5.41, 5.74) is 0. The number of hydrogen-bond donors (Lipinski definition) is 0. The van der Waals surface area contributed by atoms with Crippen LogP contribution in [0.5, 0.6) is 0 Å². The molecule has 0 radical (unpaired) electrons. The Kier molecular flexibility index (Phi) is 1.71. The average molecular weight is 182 g/mol. The molecule has 2 heterocycles. The fraction of sp³-hybridized carbons (Fsp3) is 0.143. The van der Waals surface area contributed by atoms with Crippen LogP contribution in [-0.4, -0.2) is 9.97 Å². The van der Waals surface area contributed by atoms with Gasteiger partial charge in [-0.3, -0.25) is 0 Å². The largest absolute Gasteiger partial charge is 0.242 e. The van der Waals surface area contributed by atoms with E-state index in [-0.39, 0.29) is 0 Å². The Balaban J connectivity index is 2.45. The van der Waals surface area contributed by atoms with Gasteiger partial charge in [-0.25, -0.2) is 9.97 Å². The molecule has 4 heteroatoms. The van der Waals surface area contributed by atoms with Crippen LogP contribution in [0, 0.1) is 6.92 Å². The number of aryl methyl sites for hydroxylation is 1. The average Bonchev–Trinajstić information content (AvgIpc) is 2.55. The van der Waals surface area contributed by atoms with Crippen LogP contribution in [0.1, 0.15) is 4.88 Å². The molecule has 0 bridgehead atoms. The zero-order valence-electron chi connectivity index (χ0n) is 5.94. The highest BCUT2D eigenvalue weighted by atomic mass is 32.1. The summed E-state index contributed by atoms with van der Waals surface area (Å²) >= 11 is 3.31. The van der Waals surface area contributed by atoms with Gasteiger partial charge in [0.2, 0.25) is 0 Å². The van der Waals surface area contributed by atoms with Gasteiger partial charge in [0.1, 0.15) is 0 Å². The monoisotopic (exact) mass is 182 g/mol. The molecule has 0 N–H and O–H groups in total. The first-order valence-corrected chi connectivity index (χ1v) is 4.88. The Labute approximate surface area is 72.6 Å². The molecule has 0 aromatic carbocycles. The minimum Gasteiger partial charge on any atom is -0.242 e. The molecule has 0 aliphatic carbocycles. The molecule has 0 amide bonds. The molecule has 2 rings (SSSR count). The molecule has 2 aromatic heterocycles. The van der Waals surface area contributed by atoms with Crippen molar-refractivity contribution in [3.8, 4) is 10.0 Å². The zero-order valence-corrected chi connectivity index (χ0v) is 7.58. The summed E-state index contributed by atoms with van der Waals surface area (Å²) in [6.45, 7) is 2.05. The minimum atomic E-state index is 1.02. The van der Waals surface area contributed by atoms with Gasteiger partial charge in [0.05, 0.1) is 0 Å². The number of nitrogens with zero attached hydrogens (tertiary/aromatic N) is 2. The first-order valence-electron chi connectivity index (χ1n) is 3.18. The van der Waals surface area contributed by atoms with E-state index in [0.29, 0.717) is 0 Å². The van der Waals surface area contributed by atoms with Crippen LogP contribution in [0.4, 0.5) is 0 Å². The maximum atomic E-state index is 4.22. The zero-order chi connectivity index (χ0) is 7.68. The van der Waals surface area contributed by atoms with Crippen molar-refractivity contribution < 1.29 is 0 Å². The van der Waals surface area contributed by atoms with Gasteiger partial charge < -0.3 is 0 Å². The van der Waals surface area contributed by atoms with E-state index in [9.17, 15) is 0 Å². The van der Waals surface area contributed by atoms with E-state index in [0.717, 1.165) is 10.0 Å². The van der Waals surface area contributed by atoms with Crippen LogP contribution in [0.25, 0.3) is 10.0 Å². The quantitative estimate of drug-likeness (QED) is 0.677. The van der Waals surface area contributed by atoms with Crippen molar-refractivity contribution in [1.29, 1.82) is 0 Å². The highest BCUT2D eigenvalue weighted by Crippen LogP contribution is 2.25. The molecule has 11 heavy (non-hydrogen) atoms. The molecule has 2 aromatic rings. The van der Waals surface area contributed by atoms with Gasteiger partial charge in [-0.1, -0.05) is 0 Å². The Hall–Kier alpha value is -0.740. The standard InChI is InChI=1S/C7H6N2S2/c1-5-4-9-7(11-5)6-8-2-3-10-6/h2-4H,1H3. The smallest absolute Gasteiger partial charge is 0.152 e. The van der Waals surface area contributed by atoms with Crippen molar-refractivity contribution in [3.63, 3.8) is 0 Å². The number of rotatable bonds is 1. The maximum absolute atomic E-state index is 4.22. The summed E-state index contributed by atoms with van der Waals surface area (Å²) in [6.07, 6.45) is 3.68. The third-order valence-electron chi connectivity index (χ3n) is 1.24. The molecule has 0 saturated carbocycles. The Morgan fingerprint density at radius 2 is 2.18 bits per heavy atom. The molecule has 0 spiro atoms. The predicted molar refractivity (Wildman–Crippen MR) is 48.0 cm³/mol. The summed E-state index contributed by atoms with van der Waals surface area (Å²) in [6, 6.07) is 0. The molecule has 0 atom stereocenters. The van der Waals surface area contributed by atoms with E-state index in [1.165, 1.54) is 4.88 Å².